The Balaban J connectivity index is 3.05. The number of unbranched alkanes of at least 4 members (excludes halogenated alkanes) is 10. The van der Waals surface area contributed by atoms with Crippen LogP contribution in [0.25, 0.3) is 0 Å². The summed E-state index contributed by atoms with van der Waals surface area (Å²) in [6.07, 6.45) is 22.3. The highest BCUT2D eigenvalue weighted by Gasteiger charge is 1.93. The molecule has 0 aliphatic heterocycles. The zero-order chi connectivity index (χ0) is 14.2. The Morgan fingerprint density at radius 3 is 1.74 bits per heavy atom. The molecule has 0 amide bonds. The molecule has 114 valence electrons. The first-order valence-electron chi connectivity index (χ1n) is 8.68. The predicted molar refractivity (Wildman–Crippen MR) is 88.5 cm³/mol. The van der Waals surface area contributed by atoms with Crippen LogP contribution < -0.4 is 5.73 Å². The van der Waals surface area contributed by atoms with Gasteiger partial charge >= 0.3 is 0 Å². The monoisotopic (exact) mass is 267 g/mol. The van der Waals surface area contributed by atoms with Gasteiger partial charge in [0.2, 0.25) is 0 Å². The zero-order valence-electron chi connectivity index (χ0n) is 13.5. The lowest BCUT2D eigenvalue weighted by Gasteiger charge is -2.03. The summed E-state index contributed by atoms with van der Waals surface area (Å²) in [6, 6.07) is 0.386. The van der Waals surface area contributed by atoms with Gasteiger partial charge in [-0.05, 0) is 39.0 Å². The predicted octanol–water partition coefficient (Wildman–Crippen LogP) is 5.98. The Kier molecular flexibility index (Phi) is 15.5. The van der Waals surface area contributed by atoms with Crippen LogP contribution in [0.5, 0.6) is 0 Å². The molecular weight excluding hydrogens is 230 g/mol. The Hall–Kier alpha value is -0.300. The van der Waals surface area contributed by atoms with Crippen LogP contribution in [0.2, 0.25) is 0 Å². The van der Waals surface area contributed by atoms with Crippen LogP contribution in [0.15, 0.2) is 12.2 Å². The molecule has 0 spiro atoms. The highest BCUT2D eigenvalue weighted by molar-refractivity contribution is 4.81. The van der Waals surface area contributed by atoms with Crippen molar-refractivity contribution in [3.8, 4) is 0 Å². The molecule has 2 N–H and O–H groups in total. The van der Waals surface area contributed by atoms with Gasteiger partial charge in [-0.2, -0.15) is 0 Å². The molecule has 0 bridgehead atoms. The van der Waals surface area contributed by atoms with Gasteiger partial charge in [0.15, 0.2) is 0 Å². The minimum Gasteiger partial charge on any atom is -0.328 e. The van der Waals surface area contributed by atoms with Gasteiger partial charge in [-0.1, -0.05) is 70.4 Å². The van der Waals surface area contributed by atoms with E-state index in [1.807, 2.05) is 0 Å². The van der Waals surface area contributed by atoms with Crippen molar-refractivity contribution in [3.63, 3.8) is 0 Å². The highest BCUT2D eigenvalue weighted by Crippen LogP contribution is 2.09. The number of nitrogens with two attached hydrogens (primary N) is 1. The molecule has 1 nitrogen and oxygen atoms in total. The number of hydrogen-bond acceptors (Lipinski definition) is 1. The summed E-state index contributed by atoms with van der Waals surface area (Å²) in [5.74, 6) is 0. The Morgan fingerprint density at radius 1 is 0.737 bits per heavy atom. The summed E-state index contributed by atoms with van der Waals surface area (Å²) >= 11 is 0. The molecule has 0 aliphatic carbocycles. The van der Waals surface area contributed by atoms with Crippen molar-refractivity contribution in [2.24, 2.45) is 5.73 Å². The van der Waals surface area contributed by atoms with Crippen LogP contribution in [0.4, 0.5) is 0 Å². The molecule has 0 heterocycles. The van der Waals surface area contributed by atoms with E-state index < -0.39 is 0 Å². The van der Waals surface area contributed by atoms with Gasteiger partial charge < -0.3 is 5.73 Å². The maximum Gasteiger partial charge on any atom is 0.00104 e. The largest absolute Gasteiger partial charge is 0.328 e. The van der Waals surface area contributed by atoms with Gasteiger partial charge in [0.25, 0.3) is 0 Å². The molecule has 19 heavy (non-hydrogen) atoms. The van der Waals surface area contributed by atoms with Crippen molar-refractivity contribution < 1.29 is 0 Å². The van der Waals surface area contributed by atoms with Crippen LogP contribution in [0.1, 0.15) is 97.3 Å². The zero-order valence-corrected chi connectivity index (χ0v) is 13.5. The first-order chi connectivity index (χ1) is 9.27. The van der Waals surface area contributed by atoms with E-state index in [1.54, 1.807) is 0 Å². The van der Waals surface area contributed by atoms with E-state index in [0.29, 0.717) is 6.04 Å². The third-order valence-electron chi connectivity index (χ3n) is 3.67. The van der Waals surface area contributed by atoms with E-state index in [9.17, 15) is 0 Å². The number of rotatable bonds is 14. The average Bonchev–Trinajstić information content (AvgIpc) is 2.39. The van der Waals surface area contributed by atoms with E-state index in [-0.39, 0.29) is 0 Å². The van der Waals surface area contributed by atoms with Crippen molar-refractivity contribution in [2.45, 2.75) is 103 Å². The Labute approximate surface area is 122 Å². The van der Waals surface area contributed by atoms with Crippen molar-refractivity contribution in [2.75, 3.05) is 0 Å². The molecule has 0 aliphatic rings. The van der Waals surface area contributed by atoms with Crippen molar-refractivity contribution in [3.05, 3.63) is 12.2 Å². The summed E-state index contributed by atoms with van der Waals surface area (Å²) in [7, 11) is 0. The summed E-state index contributed by atoms with van der Waals surface area (Å²) in [5, 5.41) is 0. The molecule has 1 unspecified atom stereocenters. The standard InChI is InChI=1S/C18H37N/c1-3-4-5-6-7-8-9-10-11-12-13-14-15-16-17-18(2)19/h10-11,18H,3-9,12-17,19H2,1-2H3/b11-10+. The van der Waals surface area contributed by atoms with E-state index >= 15 is 0 Å². The van der Waals surface area contributed by atoms with Gasteiger partial charge in [-0.15, -0.1) is 0 Å². The van der Waals surface area contributed by atoms with Crippen molar-refractivity contribution >= 4 is 0 Å². The lowest BCUT2D eigenvalue weighted by Crippen LogP contribution is -2.13. The molecule has 1 heteroatoms. The third-order valence-corrected chi connectivity index (χ3v) is 3.67. The summed E-state index contributed by atoms with van der Waals surface area (Å²) in [5.41, 5.74) is 5.73. The number of allylic oxidation sites excluding steroid dienone is 2. The third kappa shape index (κ3) is 17.7. The first kappa shape index (κ1) is 18.7. The minimum absolute atomic E-state index is 0.386. The Bertz CT molecular complexity index is 184. The van der Waals surface area contributed by atoms with Crippen molar-refractivity contribution in [1.82, 2.24) is 0 Å². The second kappa shape index (κ2) is 15.8. The Morgan fingerprint density at radius 2 is 1.21 bits per heavy atom. The van der Waals surface area contributed by atoms with Gasteiger partial charge in [-0.25, -0.2) is 0 Å². The summed E-state index contributed by atoms with van der Waals surface area (Å²) in [6.45, 7) is 4.38. The maximum absolute atomic E-state index is 5.73. The van der Waals surface area contributed by atoms with Gasteiger partial charge in [0, 0.05) is 6.04 Å². The van der Waals surface area contributed by atoms with Gasteiger partial charge in [0.1, 0.15) is 0 Å². The molecule has 0 aromatic rings. The smallest absolute Gasteiger partial charge is 0.00104 e. The highest BCUT2D eigenvalue weighted by atomic mass is 14.6. The normalized spacial score (nSPS) is 13.2. The molecular formula is C18H37N. The topological polar surface area (TPSA) is 26.0 Å². The van der Waals surface area contributed by atoms with E-state index in [1.165, 1.54) is 83.5 Å². The number of hydrogen-bond donors (Lipinski definition) is 1. The fourth-order valence-corrected chi connectivity index (χ4v) is 2.36. The quantitative estimate of drug-likeness (QED) is 0.304. The lowest BCUT2D eigenvalue weighted by atomic mass is 10.1. The molecule has 0 rings (SSSR count). The fourth-order valence-electron chi connectivity index (χ4n) is 2.36. The van der Waals surface area contributed by atoms with Crippen LogP contribution in [0.3, 0.4) is 0 Å². The van der Waals surface area contributed by atoms with Crippen LogP contribution in [0, 0.1) is 0 Å². The second-order valence-corrected chi connectivity index (χ2v) is 6.00. The first-order valence-corrected chi connectivity index (χ1v) is 8.68. The maximum atomic E-state index is 5.73. The lowest BCUT2D eigenvalue weighted by molar-refractivity contribution is 0.568. The summed E-state index contributed by atoms with van der Waals surface area (Å²) in [4.78, 5) is 0. The van der Waals surface area contributed by atoms with Crippen LogP contribution >= 0.6 is 0 Å². The summed E-state index contributed by atoms with van der Waals surface area (Å²) < 4.78 is 0. The minimum atomic E-state index is 0.386. The molecule has 0 fully saturated rings. The molecule has 1 atom stereocenters. The van der Waals surface area contributed by atoms with Gasteiger partial charge in [0.05, 0.1) is 0 Å². The van der Waals surface area contributed by atoms with E-state index in [2.05, 4.69) is 26.0 Å². The van der Waals surface area contributed by atoms with Crippen molar-refractivity contribution in [1.29, 1.82) is 0 Å². The second-order valence-electron chi connectivity index (χ2n) is 6.00. The molecule has 0 saturated heterocycles. The average molecular weight is 268 g/mol. The van der Waals surface area contributed by atoms with Gasteiger partial charge in [-0.3, -0.25) is 0 Å². The van der Waals surface area contributed by atoms with Crippen LogP contribution in [-0.4, -0.2) is 6.04 Å². The van der Waals surface area contributed by atoms with Crippen LogP contribution in [-0.2, 0) is 0 Å². The SMILES string of the molecule is CCCCCCCC/C=C/CCCCCCC(C)N. The molecule has 0 radical (unpaired) electrons. The van der Waals surface area contributed by atoms with E-state index in [0.717, 1.165) is 0 Å². The molecule has 0 saturated carbocycles. The van der Waals surface area contributed by atoms with E-state index in [4.69, 9.17) is 5.73 Å². The molecule has 0 aromatic carbocycles. The molecule has 0 aromatic heterocycles. The fraction of sp³-hybridized carbons (Fsp3) is 0.889.